The van der Waals surface area contributed by atoms with E-state index in [9.17, 15) is 9.59 Å². The standard InChI is InChI=1S/C24H19ClN2O4/c1-30-23(28)20-21(15-5-3-2-4-6-15)26-24(29)27-22(20)16-7-11-18(12-8-16)31-19-13-9-17(25)10-14-19/h2-14,22H,1H3,(H2,26,27,29). The van der Waals surface area contributed by atoms with Gasteiger partial charge in [0.25, 0.3) is 0 Å². The van der Waals surface area contributed by atoms with Gasteiger partial charge in [-0.25, -0.2) is 9.59 Å². The molecule has 6 nitrogen and oxygen atoms in total. The number of hydrogen-bond acceptors (Lipinski definition) is 4. The highest BCUT2D eigenvalue weighted by molar-refractivity contribution is 6.30. The van der Waals surface area contributed by atoms with Gasteiger partial charge in [-0.05, 0) is 47.5 Å². The molecular formula is C24H19ClN2O4. The fourth-order valence-electron chi connectivity index (χ4n) is 3.34. The predicted molar refractivity (Wildman–Crippen MR) is 118 cm³/mol. The van der Waals surface area contributed by atoms with Crippen LogP contribution in [0.5, 0.6) is 11.5 Å². The minimum Gasteiger partial charge on any atom is -0.466 e. The maximum Gasteiger partial charge on any atom is 0.338 e. The molecule has 0 spiro atoms. The number of nitrogens with one attached hydrogen (secondary N) is 2. The molecule has 0 aliphatic carbocycles. The van der Waals surface area contributed by atoms with E-state index in [4.69, 9.17) is 21.1 Å². The highest BCUT2D eigenvalue weighted by atomic mass is 35.5. The average molecular weight is 435 g/mol. The number of amides is 2. The monoisotopic (exact) mass is 434 g/mol. The van der Waals surface area contributed by atoms with Crippen LogP contribution in [0, 0.1) is 0 Å². The molecule has 0 saturated carbocycles. The van der Waals surface area contributed by atoms with Gasteiger partial charge in [-0.2, -0.15) is 0 Å². The molecule has 1 unspecified atom stereocenters. The first-order valence-corrected chi connectivity index (χ1v) is 9.92. The highest BCUT2D eigenvalue weighted by Gasteiger charge is 2.34. The number of rotatable bonds is 5. The van der Waals surface area contributed by atoms with Crippen molar-refractivity contribution < 1.29 is 19.1 Å². The van der Waals surface area contributed by atoms with E-state index >= 15 is 0 Å². The summed E-state index contributed by atoms with van der Waals surface area (Å²) in [5.74, 6) is 0.727. The lowest BCUT2D eigenvalue weighted by molar-refractivity contribution is -0.136. The topological polar surface area (TPSA) is 76.7 Å². The van der Waals surface area contributed by atoms with Crippen LogP contribution in [0.15, 0.2) is 84.4 Å². The summed E-state index contributed by atoms with van der Waals surface area (Å²) in [4.78, 5) is 25.0. The number of urea groups is 1. The second-order valence-corrected chi connectivity index (χ2v) is 7.24. The second-order valence-electron chi connectivity index (χ2n) is 6.80. The number of halogens is 1. The third-order valence-electron chi connectivity index (χ3n) is 4.80. The smallest absolute Gasteiger partial charge is 0.338 e. The molecule has 31 heavy (non-hydrogen) atoms. The molecule has 1 heterocycles. The Balaban J connectivity index is 1.68. The number of hydrogen-bond donors (Lipinski definition) is 2. The Morgan fingerprint density at radius 2 is 1.52 bits per heavy atom. The van der Waals surface area contributed by atoms with Crippen molar-refractivity contribution in [1.82, 2.24) is 10.6 Å². The minimum atomic E-state index is -0.680. The van der Waals surface area contributed by atoms with Crippen molar-refractivity contribution in [3.8, 4) is 11.5 Å². The van der Waals surface area contributed by atoms with Crippen LogP contribution in [0.25, 0.3) is 5.70 Å². The zero-order chi connectivity index (χ0) is 21.8. The molecule has 0 aromatic heterocycles. The van der Waals surface area contributed by atoms with E-state index in [1.165, 1.54) is 7.11 Å². The van der Waals surface area contributed by atoms with E-state index in [1.54, 1.807) is 48.5 Å². The Labute approximate surface area is 184 Å². The first-order valence-electron chi connectivity index (χ1n) is 9.54. The van der Waals surface area contributed by atoms with Crippen LogP contribution < -0.4 is 15.4 Å². The third-order valence-corrected chi connectivity index (χ3v) is 5.05. The predicted octanol–water partition coefficient (Wildman–Crippen LogP) is 5.07. The van der Waals surface area contributed by atoms with Crippen molar-refractivity contribution in [3.63, 3.8) is 0 Å². The van der Waals surface area contributed by atoms with Gasteiger partial charge in [-0.15, -0.1) is 0 Å². The van der Waals surface area contributed by atoms with Crippen molar-refractivity contribution in [1.29, 1.82) is 0 Å². The number of carbonyl (C=O) groups is 2. The van der Waals surface area contributed by atoms with Crippen LogP contribution in [0.4, 0.5) is 4.79 Å². The second kappa shape index (κ2) is 8.93. The number of benzene rings is 3. The first kappa shape index (κ1) is 20.5. The van der Waals surface area contributed by atoms with Gasteiger partial charge in [0.2, 0.25) is 0 Å². The Bertz CT molecular complexity index is 1130. The van der Waals surface area contributed by atoms with Crippen molar-refractivity contribution in [2.45, 2.75) is 6.04 Å². The SMILES string of the molecule is COC(=O)C1=C(c2ccccc2)NC(=O)NC1c1ccc(Oc2ccc(Cl)cc2)cc1. The van der Waals surface area contributed by atoms with E-state index in [-0.39, 0.29) is 0 Å². The zero-order valence-corrected chi connectivity index (χ0v) is 17.3. The van der Waals surface area contributed by atoms with Crippen molar-refractivity contribution >= 4 is 29.3 Å². The first-order chi connectivity index (χ1) is 15.0. The summed E-state index contributed by atoms with van der Waals surface area (Å²) in [6.45, 7) is 0. The summed E-state index contributed by atoms with van der Waals surface area (Å²) in [5.41, 5.74) is 2.17. The van der Waals surface area contributed by atoms with Crippen molar-refractivity contribution in [2.24, 2.45) is 0 Å². The summed E-state index contributed by atoms with van der Waals surface area (Å²) >= 11 is 5.90. The summed E-state index contributed by atoms with van der Waals surface area (Å²) in [6.07, 6.45) is 0. The third kappa shape index (κ3) is 4.54. The molecule has 2 N–H and O–H groups in total. The fourth-order valence-corrected chi connectivity index (χ4v) is 3.47. The van der Waals surface area contributed by atoms with Crippen molar-refractivity contribution in [3.05, 3.63) is 101 Å². The average Bonchev–Trinajstić information content (AvgIpc) is 2.80. The van der Waals surface area contributed by atoms with Gasteiger partial charge in [0.1, 0.15) is 11.5 Å². The maximum atomic E-state index is 12.7. The fraction of sp³-hybridized carbons (Fsp3) is 0.0833. The van der Waals surface area contributed by atoms with Gasteiger partial charge in [0, 0.05) is 5.02 Å². The summed E-state index contributed by atoms with van der Waals surface area (Å²) in [5, 5.41) is 6.17. The molecule has 4 rings (SSSR count). The van der Waals surface area contributed by atoms with Crippen LogP contribution in [0.2, 0.25) is 5.02 Å². The molecule has 0 fully saturated rings. The molecule has 0 bridgehead atoms. The Morgan fingerprint density at radius 1 is 0.903 bits per heavy atom. The van der Waals surface area contributed by atoms with Crippen molar-refractivity contribution in [2.75, 3.05) is 7.11 Å². The number of esters is 1. The zero-order valence-electron chi connectivity index (χ0n) is 16.6. The van der Waals surface area contributed by atoms with Crippen LogP contribution >= 0.6 is 11.6 Å². The summed E-state index contributed by atoms with van der Waals surface area (Å²) in [7, 11) is 1.31. The molecule has 3 aromatic rings. The summed E-state index contributed by atoms with van der Waals surface area (Å²) in [6, 6.07) is 22.3. The molecular weight excluding hydrogens is 416 g/mol. The number of carbonyl (C=O) groups excluding carboxylic acids is 2. The van der Waals surface area contributed by atoms with E-state index in [1.807, 2.05) is 30.3 Å². The van der Waals surface area contributed by atoms with Crippen LogP contribution in [-0.2, 0) is 9.53 Å². The molecule has 7 heteroatoms. The molecule has 1 aliphatic rings. The molecule has 3 aromatic carbocycles. The summed E-state index contributed by atoms with van der Waals surface area (Å²) < 4.78 is 10.8. The Morgan fingerprint density at radius 3 is 2.13 bits per heavy atom. The van der Waals surface area contributed by atoms with Gasteiger partial charge < -0.3 is 20.1 Å². The van der Waals surface area contributed by atoms with Gasteiger partial charge >= 0.3 is 12.0 Å². The maximum absolute atomic E-state index is 12.7. The lowest BCUT2D eigenvalue weighted by atomic mass is 9.92. The molecule has 0 radical (unpaired) electrons. The van der Waals surface area contributed by atoms with Crippen LogP contribution in [0.1, 0.15) is 17.2 Å². The lowest BCUT2D eigenvalue weighted by Gasteiger charge is -2.29. The van der Waals surface area contributed by atoms with Gasteiger partial charge in [0.05, 0.1) is 24.4 Å². The highest BCUT2D eigenvalue weighted by Crippen LogP contribution is 2.33. The van der Waals surface area contributed by atoms with E-state index in [0.29, 0.717) is 38.9 Å². The normalized spacial score (nSPS) is 15.7. The largest absolute Gasteiger partial charge is 0.466 e. The molecule has 156 valence electrons. The van der Waals surface area contributed by atoms with Gasteiger partial charge in [-0.1, -0.05) is 54.1 Å². The van der Waals surface area contributed by atoms with E-state index < -0.39 is 18.0 Å². The molecule has 1 aliphatic heterocycles. The molecule has 2 amide bonds. The molecule has 1 atom stereocenters. The van der Waals surface area contributed by atoms with Crippen LogP contribution in [-0.4, -0.2) is 19.1 Å². The van der Waals surface area contributed by atoms with E-state index in [0.717, 1.165) is 0 Å². The van der Waals surface area contributed by atoms with E-state index in [2.05, 4.69) is 10.6 Å². The van der Waals surface area contributed by atoms with Crippen LogP contribution in [0.3, 0.4) is 0 Å². The number of ether oxygens (including phenoxy) is 2. The number of methoxy groups -OCH3 is 1. The Hall–Kier alpha value is -3.77. The minimum absolute atomic E-state index is 0.319. The van der Waals surface area contributed by atoms with Gasteiger partial charge in [0.15, 0.2) is 0 Å². The lowest BCUT2D eigenvalue weighted by Crippen LogP contribution is -2.45. The quantitative estimate of drug-likeness (QED) is 0.549. The van der Waals surface area contributed by atoms with Gasteiger partial charge in [-0.3, -0.25) is 0 Å². The Kier molecular flexibility index (Phi) is 5.91. The molecule has 0 saturated heterocycles.